The number of carbonyl (C=O) groups excluding carboxylic acids is 2. The van der Waals surface area contributed by atoms with Crippen molar-refractivity contribution in [2.75, 3.05) is 5.32 Å². The predicted octanol–water partition coefficient (Wildman–Crippen LogP) is 4.44. The summed E-state index contributed by atoms with van der Waals surface area (Å²) in [5.41, 5.74) is 2.25. The molecule has 2 aromatic carbocycles. The monoisotopic (exact) mass is 478 g/mol. The van der Waals surface area contributed by atoms with E-state index in [1.807, 2.05) is 31.2 Å². The Balaban J connectivity index is 1.58. The maximum absolute atomic E-state index is 12.2. The van der Waals surface area contributed by atoms with Gasteiger partial charge in [0.15, 0.2) is 5.17 Å². The highest BCUT2D eigenvalue weighted by molar-refractivity contribution is 9.10. The molecule has 6 nitrogen and oxygen atoms in total. The number of hydrogen-bond acceptors (Lipinski definition) is 5. The lowest BCUT2D eigenvalue weighted by atomic mass is 10.1. The van der Waals surface area contributed by atoms with E-state index >= 15 is 0 Å². The van der Waals surface area contributed by atoms with Crippen LogP contribution in [0, 0.1) is 0 Å². The quantitative estimate of drug-likeness (QED) is 0.491. The van der Waals surface area contributed by atoms with Gasteiger partial charge in [-0.15, -0.1) is 5.10 Å². The zero-order chi connectivity index (χ0) is 20.1. The van der Waals surface area contributed by atoms with E-state index in [9.17, 15) is 9.59 Å². The molecule has 1 saturated heterocycles. The Morgan fingerprint density at radius 1 is 1.21 bits per heavy atom. The first-order valence-corrected chi connectivity index (χ1v) is 10.4. The summed E-state index contributed by atoms with van der Waals surface area (Å²) in [6, 6.07) is 14.5. The minimum atomic E-state index is -0.541. The summed E-state index contributed by atoms with van der Waals surface area (Å²) in [7, 11) is 0. The average molecular weight is 480 g/mol. The third kappa shape index (κ3) is 5.67. The number of amides is 2. The molecule has 0 aromatic heterocycles. The maximum atomic E-state index is 12.2. The molecule has 2 amide bonds. The fourth-order valence-electron chi connectivity index (χ4n) is 2.37. The molecule has 0 spiro atoms. The molecule has 2 N–H and O–H groups in total. The van der Waals surface area contributed by atoms with Crippen molar-refractivity contribution in [3.8, 4) is 0 Å². The van der Waals surface area contributed by atoms with Crippen molar-refractivity contribution in [2.24, 2.45) is 10.2 Å². The first kappa shape index (κ1) is 20.6. The van der Waals surface area contributed by atoms with Crippen molar-refractivity contribution >= 4 is 67.7 Å². The lowest BCUT2D eigenvalue weighted by molar-refractivity contribution is -0.122. The number of halogens is 2. The van der Waals surface area contributed by atoms with Crippen LogP contribution in [-0.2, 0) is 9.59 Å². The van der Waals surface area contributed by atoms with Crippen LogP contribution in [0.4, 0.5) is 5.69 Å². The summed E-state index contributed by atoms with van der Waals surface area (Å²) in [5, 5.41) is 14.2. The number of nitrogens with zero attached hydrogens (tertiary/aromatic N) is 2. The Morgan fingerprint density at radius 2 is 1.89 bits per heavy atom. The van der Waals surface area contributed by atoms with E-state index in [2.05, 4.69) is 36.8 Å². The summed E-state index contributed by atoms with van der Waals surface area (Å²) in [6.45, 7) is 1.82. The van der Waals surface area contributed by atoms with Crippen molar-refractivity contribution < 1.29 is 9.59 Å². The molecule has 0 aliphatic carbocycles. The summed E-state index contributed by atoms with van der Waals surface area (Å²) in [6.07, 6.45) is 0.0471. The van der Waals surface area contributed by atoms with Gasteiger partial charge in [0.05, 0.1) is 5.71 Å². The van der Waals surface area contributed by atoms with E-state index in [0.29, 0.717) is 21.6 Å². The number of amidine groups is 1. The van der Waals surface area contributed by atoms with Gasteiger partial charge in [0.2, 0.25) is 11.8 Å². The second kappa shape index (κ2) is 9.36. The Bertz CT molecular complexity index is 945. The van der Waals surface area contributed by atoms with Gasteiger partial charge in [-0.05, 0) is 48.9 Å². The van der Waals surface area contributed by atoms with E-state index in [-0.39, 0.29) is 18.2 Å². The maximum Gasteiger partial charge on any atom is 0.240 e. The molecule has 2 aromatic rings. The van der Waals surface area contributed by atoms with E-state index in [4.69, 9.17) is 11.6 Å². The Hall–Kier alpha value is -2.16. The Kier molecular flexibility index (Phi) is 6.88. The van der Waals surface area contributed by atoms with Gasteiger partial charge in [0.25, 0.3) is 0 Å². The van der Waals surface area contributed by atoms with Crippen LogP contribution in [0.5, 0.6) is 0 Å². The average Bonchev–Trinajstić information content (AvgIpc) is 3.01. The van der Waals surface area contributed by atoms with Gasteiger partial charge < -0.3 is 10.6 Å². The zero-order valence-electron chi connectivity index (χ0n) is 14.8. The SMILES string of the molecule is C/C(=N\N=C1\NC(=O)[C@@H](CC(=O)Nc2ccc(Br)cc2)S1)c1ccc(Cl)cc1. The van der Waals surface area contributed by atoms with Crippen molar-refractivity contribution in [1.82, 2.24) is 5.32 Å². The predicted molar refractivity (Wildman–Crippen MR) is 118 cm³/mol. The molecule has 1 aliphatic rings. The molecule has 28 heavy (non-hydrogen) atoms. The zero-order valence-corrected chi connectivity index (χ0v) is 17.9. The number of hydrogen-bond donors (Lipinski definition) is 2. The highest BCUT2D eigenvalue weighted by Crippen LogP contribution is 2.23. The minimum absolute atomic E-state index is 0.0471. The van der Waals surface area contributed by atoms with Gasteiger partial charge in [-0.1, -0.05) is 51.4 Å². The Morgan fingerprint density at radius 3 is 2.57 bits per heavy atom. The van der Waals surface area contributed by atoms with E-state index in [1.54, 1.807) is 24.3 Å². The number of rotatable bonds is 5. The summed E-state index contributed by atoms with van der Waals surface area (Å²) in [4.78, 5) is 24.3. The molecule has 0 bridgehead atoms. The van der Waals surface area contributed by atoms with Crippen molar-refractivity contribution in [3.63, 3.8) is 0 Å². The Labute approximate surface area is 180 Å². The van der Waals surface area contributed by atoms with E-state index in [1.165, 1.54) is 11.8 Å². The topological polar surface area (TPSA) is 82.9 Å². The van der Waals surface area contributed by atoms with Crippen LogP contribution in [0.15, 0.2) is 63.2 Å². The van der Waals surface area contributed by atoms with Crippen LogP contribution < -0.4 is 10.6 Å². The van der Waals surface area contributed by atoms with Crippen LogP contribution >= 0.6 is 39.3 Å². The molecule has 144 valence electrons. The van der Waals surface area contributed by atoms with Gasteiger partial charge in [-0.2, -0.15) is 5.10 Å². The molecule has 1 fully saturated rings. The van der Waals surface area contributed by atoms with Gasteiger partial charge in [0, 0.05) is 21.6 Å². The van der Waals surface area contributed by atoms with Gasteiger partial charge >= 0.3 is 0 Å². The normalized spacial score (nSPS) is 18.2. The second-order valence-corrected chi connectivity index (χ2v) is 8.50. The second-order valence-electron chi connectivity index (χ2n) is 5.95. The molecular formula is C19H16BrClN4O2S. The number of carbonyl (C=O) groups is 2. The van der Waals surface area contributed by atoms with Crippen LogP contribution in [0.3, 0.4) is 0 Å². The first-order valence-electron chi connectivity index (χ1n) is 8.32. The standard InChI is InChI=1S/C19H16BrClN4O2S/c1-11(12-2-6-14(21)7-3-12)24-25-19-23-18(27)16(28-19)10-17(26)22-15-8-4-13(20)5-9-15/h2-9,16H,10H2,1H3,(H,22,26)(H,23,25,27)/b24-11+/t16-/m1/s1. The molecule has 9 heteroatoms. The summed E-state index contributed by atoms with van der Waals surface area (Å²) >= 11 is 10.4. The lowest BCUT2D eigenvalue weighted by Crippen LogP contribution is -2.28. The molecule has 1 aliphatic heterocycles. The van der Waals surface area contributed by atoms with Crippen molar-refractivity contribution in [3.05, 3.63) is 63.6 Å². The van der Waals surface area contributed by atoms with Crippen LogP contribution in [0.25, 0.3) is 0 Å². The fraction of sp³-hybridized carbons (Fsp3) is 0.158. The molecule has 3 rings (SSSR count). The molecule has 1 atom stereocenters. The summed E-state index contributed by atoms with van der Waals surface area (Å²) in [5.74, 6) is -0.494. The first-order chi connectivity index (χ1) is 13.4. The molecule has 1 heterocycles. The number of thioether (sulfide) groups is 1. The smallest absolute Gasteiger partial charge is 0.240 e. The molecular weight excluding hydrogens is 464 g/mol. The van der Waals surface area contributed by atoms with E-state index in [0.717, 1.165) is 10.0 Å². The van der Waals surface area contributed by atoms with Gasteiger partial charge in [0.1, 0.15) is 5.25 Å². The van der Waals surface area contributed by atoms with E-state index < -0.39 is 5.25 Å². The summed E-state index contributed by atoms with van der Waals surface area (Å²) < 4.78 is 0.923. The third-order valence-corrected chi connectivity index (χ3v) is 5.68. The number of nitrogens with one attached hydrogen (secondary N) is 2. The minimum Gasteiger partial charge on any atom is -0.326 e. The highest BCUT2D eigenvalue weighted by atomic mass is 79.9. The largest absolute Gasteiger partial charge is 0.326 e. The van der Waals surface area contributed by atoms with Crippen molar-refractivity contribution in [1.29, 1.82) is 0 Å². The third-order valence-electron chi connectivity index (χ3n) is 3.83. The molecule has 0 unspecified atom stereocenters. The van der Waals surface area contributed by atoms with Gasteiger partial charge in [-0.25, -0.2) is 0 Å². The fourth-order valence-corrected chi connectivity index (χ4v) is 3.68. The highest BCUT2D eigenvalue weighted by Gasteiger charge is 2.32. The molecule has 0 radical (unpaired) electrons. The lowest BCUT2D eigenvalue weighted by Gasteiger charge is -2.07. The van der Waals surface area contributed by atoms with Crippen LogP contribution in [0.2, 0.25) is 5.02 Å². The molecule has 0 saturated carbocycles. The number of benzene rings is 2. The van der Waals surface area contributed by atoms with Gasteiger partial charge in [-0.3, -0.25) is 9.59 Å². The van der Waals surface area contributed by atoms with Crippen LogP contribution in [-0.4, -0.2) is 27.9 Å². The number of anilines is 1. The van der Waals surface area contributed by atoms with Crippen molar-refractivity contribution in [2.45, 2.75) is 18.6 Å². The van der Waals surface area contributed by atoms with Crippen LogP contribution in [0.1, 0.15) is 18.9 Å².